The van der Waals surface area contributed by atoms with Crippen molar-refractivity contribution < 1.29 is 14.6 Å². The van der Waals surface area contributed by atoms with Crippen LogP contribution in [0.3, 0.4) is 0 Å². The standard InChI is InChI=1S/C19H21NO3/c1-14(21)17-3-2-4-18(13-17)15-5-7-16(8-6-15)19(22)20-9-11-23-12-10-20/h2-8,13-14,21H,9-12H2,1H3. The van der Waals surface area contributed by atoms with E-state index in [9.17, 15) is 9.90 Å². The zero-order valence-corrected chi connectivity index (χ0v) is 13.2. The number of amides is 1. The summed E-state index contributed by atoms with van der Waals surface area (Å²) >= 11 is 0. The van der Waals surface area contributed by atoms with Crippen LogP contribution in [0.4, 0.5) is 0 Å². The van der Waals surface area contributed by atoms with E-state index in [2.05, 4.69) is 0 Å². The van der Waals surface area contributed by atoms with Gasteiger partial charge in [0.1, 0.15) is 0 Å². The number of rotatable bonds is 3. The average Bonchev–Trinajstić information content (AvgIpc) is 2.62. The molecule has 1 atom stereocenters. The molecule has 120 valence electrons. The van der Waals surface area contributed by atoms with E-state index in [-0.39, 0.29) is 5.91 Å². The monoisotopic (exact) mass is 311 g/mol. The number of carbonyl (C=O) groups is 1. The third-order valence-electron chi connectivity index (χ3n) is 4.13. The highest BCUT2D eigenvalue weighted by Crippen LogP contribution is 2.24. The summed E-state index contributed by atoms with van der Waals surface area (Å²) in [6.07, 6.45) is -0.489. The van der Waals surface area contributed by atoms with Crippen molar-refractivity contribution in [1.29, 1.82) is 0 Å². The molecule has 0 radical (unpaired) electrons. The molecule has 0 bridgehead atoms. The highest BCUT2D eigenvalue weighted by molar-refractivity contribution is 5.94. The van der Waals surface area contributed by atoms with Crippen molar-refractivity contribution >= 4 is 5.91 Å². The molecule has 1 unspecified atom stereocenters. The quantitative estimate of drug-likeness (QED) is 0.948. The van der Waals surface area contributed by atoms with Crippen LogP contribution in [0.1, 0.15) is 28.9 Å². The molecule has 0 spiro atoms. The van der Waals surface area contributed by atoms with Gasteiger partial charge in [-0.3, -0.25) is 4.79 Å². The van der Waals surface area contributed by atoms with Crippen LogP contribution in [0.25, 0.3) is 11.1 Å². The molecule has 1 saturated heterocycles. The van der Waals surface area contributed by atoms with E-state index >= 15 is 0 Å². The molecule has 23 heavy (non-hydrogen) atoms. The van der Waals surface area contributed by atoms with Crippen molar-refractivity contribution in [3.63, 3.8) is 0 Å². The van der Waals surface area contributed by atoms with Gasteiger partial charge in [-0.1, -0.05) is 30.3 Å². The van der Waals surface area contributed by atoms with Crippen molar-refractivity contribution in [2.75, 3.05) is 26.3 Å². The first kappa shape index (κ1) is 15.7. The lowest BCUT2D eigenvalue weighted by Crippen LogP contribution is -2.40. The van der Waals surface area contributed by atoms with Crippen LogP contribution in [-0.2, 0) is 4.74 Å². The van der Waals surface area contributed by atoms with Crippen molar-refractivity contribution in [2.45, 2.75) is 13.0 Å². The summed E-state index contributed by atoms with van der Waals surface area (Å²) in [5, 5.41) is 9.70. The number of aliphatic hydroxyl groups excluding tert-OH is 1. The summed E-state index contributed by atoms with van der Waals surface area (Å²) in [7, 11) is 0. The Labute approximate surface area is 136 Å². The Balaban J connectivity index is 1.79. The number of benzene rings is 2. The maximum Gasteiger partial charge on any atom is 0.254 e. The normalized spacial score (nSPS) is 16.2. The first-order valence-corrected chi connectivity index (χ1v) is 7.90. The summed E-state index contributed by atoms with van der Waals surface area (Å²) in [5.74, 6) is 0.0533. The van der Waals surface area contributed by atoms with Gasteiger partial charge in [-0.05, 0) is 41.8 Å². The van der Waals surface area contributed by atoms with Gasteiger partial charge < -0.3 is 14.7 Å². The van der Waals surface area contributed by atoms with E-state index in [1.54, 1.807) is 6.92 Å². The molecular weight excluding hydrogens is 290 g/mol. The molecule has 1 heterocycles. The zero-order valence-electron chi connectivity index (χ0n) is 13.2. The Morgan fingerprint density at radius 3 is 2.43 bits per heavy atom. The molecule has 1 N–H and O–H groups in total. The molecule has 3 rings (SSSR count). The van der Waals surface area contributed by atoms with Crippen molar-refractivity contribution in [3.05, 3.63) is 59.7 Å². The van der Waals surface area contributed by atoms with Crippen LogP contribution in [-0.4, -0.2) is 42.2 Å². The molecule has 1 fully saturated rings. The van der Waals surface area contributed by atoms with Crippen molar-refractivity contribution in [3.8, 4) is 11.1 Å². The molecule has 1 aliphatic heterocycles. The van der Waals surface area contributed by atoms with E-state index in [4.69, 9.17) is 4.74 Å². The van der Waals surface area contributed by atoms with E-state index < -0.39 is 6.10 Å². The SMILES string of the molecule is CC(O)c1cccc(-c2ccc(C(=O)N3CCOCC3)cc2)c1. The number of morpholine rings is 1. The fourth-order valence-electron chi connectivity index (χ4n) is 2.73. The molecule has 4 nitrogen and oxygen atoms in total. The van der Waals surface area contributed by atoms with E-state index in [1.807, 2.05) is 53.4 Å². The first-order chi connectivity index (χ1) is 11.1. The lowest BCUT2D eigenvalue weighted by atomic mass is 10.00. The Kier molecular flexibility index (Phi) is 4.74. The molecular formula is C19H21NO3. The topological polar surface area (TPSA) is 49.8 Å². The second-order valence-corrected chi connectivity index (χ2v) is 5.78. The van der Waals surface area contributed by atoms with Crippen molar-refractivity contribution in [1.82, 2.24) is 4.90 Å². The number of hydrogen-bond donors (Lipinski definition) is 1. The third kappa shape index (κ3) is 3.60. The summed E-state index contributed by atoms with van der Waals surface area (Å²) < 4.78 is 5.28. The molecule has 0 aliphatic carbocycles. The van der Waals surface area contributed by atoms with Gasteiger partial charge in [0.05, 0.1) is 19.3 Å². The number of ether oxygens (including phenoxy) is 1. The summed E-state index contributed by atoms with van der Waals surface area (Å²) in [6, 6.07) is 15.5. The number of carbonyl (C=O) groups excluding carboxylic acids is 1. The lowest BCUT2D eigenvalue weighted by Gasteiger charge is -2.26. The number of nitrogens with zero attached hydrogens (tertiary/aromatic N) is 1. The van der Waals surface area contributed by atoms with Crippen LogP contribution in [0.15, 0.2) is 48.5 Å². The molecule has 1 aliphatic rings. The fourth-order valence-corrected chi connectivity index (χ4v) is 2.73. The number of aliphatic hydroxyl groups is 1. The molecule has 0 saturated carbocycles. The maximum atomic E-state index is 12.4. The minimum atomic E-state index is -0.489. The van der Waals surface area contributed by atoms with E-state index in [0.717, 1.165) is 16.7 Å². The Bertz CT molecular complexity index is 673. The third-order valence-corrected chi connectivity index (χ3v) is 4.13. The van der Waals surface area contributed by atoms with Gasteiger partial charge in [0.25, 0.3) is 5.91 Å². The van der Waals surface area contributed by atoms with E-state index in [1.165, 1.54) is 0 Å². The van der Waals surface area contributed by atoms with Gasteiger partial charge in [-0.25, -0.2) is 0 Å². The molecule has 1 amide bonds. The van der Waals surface area contributed by atoms with Gasteiger partial charge in [-0.15, -0.1) is 0 Å². The molecule has 0 aromatic heterocycles. The Hall–Kier alpha value is -2.17. The van der Waals surface area contributed by atoms with Crippen LogP contribution in [0.5, 0.6) is 0 Å². The largest absolute Gasteiger partial charge is 0.389 e. The fraction of sp³-hybridized carbons (Fsp3) is 0.316. The van der Waals surface area contributed by atoms with Gasteiger partial charge in [-0.2, -0.15) is 0 Å². The smallest absolute Gasteiger partial charge is 0.254 e. The van der Waals surface area contributed by atoms with Crippen LogP contribution in [0, 0.1) is 0 Å². The molecule has 2 aromatic carbocycles. The first-order valence-electron chi connectivity index (χ1n) is 7.90. The lowest BCUT2D eigenvalue weighted by molar-refractivity contribution is 0.0303. The highest BCUT2D eigenvalue weighted by atomic mass is 16.5. The van der Waals surface area contributed by atoms with E-state index in [0.29, 0.717) is 31.9 Å². The van der Waals surface area contributed by atoms with Crippen LogP contribution >= 0.6 is 0 Å². The molecule has 4 heteroatoms. The Morgan fingerprint density at radius 1 is 1.09 bits per heavy atom. The summed E-state index contributed by atoms with van der Waals surface area (Å²) in [5.41, 5.74) is 3.65. The second kappa shape index (κ2) is 6.94. The average molecular weight is 311 g/mol. The van der Waals surface area contributed by atoms with Gasteiger partial charge in [0.2, 0.25) is 0 Å². The summed E-state index contributed by atoms with van der Waals surface area (Å²) in [4.78, 5) is 14.3. The maximum absolute atomic E-state index is 12.4. The van der Waals surface area contributed by atoms with Gasteiger partial charge in [0.15, 0.2) is 0 Å². The minimum absolute atomic E-state index is 0.0533. The van der Waals surface area contributed by atoms with Crippen molar-refractivity contribution in [2.24, 2.45) is 0 Å². The summed E-state index contributed by atoms with van der Waals surface area (Å²) in [6.45, 7) is 4.27. The second-order valence-electron chi connectivity index (χ2n) is 5.78. The minimum Gasteiger partial charge on any atom is -0.389 e. The van der Waals surface area contributed by atoms with Gasteiger partial charge >= 0.3 is 0 Å². The number of hydrogen-bond acceptors (Lipinski definition) is 3. The highest BCUT2D eigenvalue weighted by Gasteiger charge is 2.18. The Morgan fingerprint density at radius 2 is 1.78 bits per heavy atom. The zero-order chi connectivity index (χ0) is 16.2. The van der Waals surface area contributed by atoms with Crippen LogP contribution < -0.4 is 0 Å². The predicted octanol–water partition coefficient (Wildman–Crippen LogP) is 2.88. The predicted molar refractivity (Wildman–Crippen MR) is 89.2 cm³/mol. The van der Waals surface area contributed by atoms with Crippen LogP contribution in [0.2, 0.25) is 0 Å². The molecule has 2 aromatic rings. The van der Waals surface area contributed by atoms with Gasteiger partial charge in [0, 0.05) is 18.7 Å².